The zero-order chi connectivity index (χ0) is 14.0. The summed E-state index contributed by atoms with van der Waals surface area (Å²) in [5.41, 5.74) is 2.17. The molecular formula is C14H10Br2ClNO. The zero-order valence-corrected chi connectivity index (χ0v) is 13.9. The third kappa shape index (κ3) is 3.38. The van der Waals surface area contributed by atoms with Crippen molar-refractivity contribution in [1.82, 2.24) is 0 Å². The average Bonchev–Trinajstić information content (AvgIpc) is 2.37. The summed E-state index contributed by atoms with van der Waals surface area (Å²) in [4.78, 5) is 12.2. The van der Waals surface area contributed by atoms with Crippen molar-refractivity contribution in [2.24, 2.45) is 0 Å². The summed E-state index contributed by atoms with van der Waals surface area (Å²) in [7, 11) is 0. The van der Waals surface area contributed by atoms with Crippen LogP contribution in [0, 0.1) is 6.92 Å². The van der Waals surface area contributed by atoms with Gasteiger partial charge in [0, 0.05) is 8.95 Å². The van der Waals surface area contributed by atoms with Gasteiger partial charge in [-0.2, -0.15) is 0 Å². The topological polar surface area (TPSA) is 29.1 Å². The second-order valence-corrected chi connectivity index (χ2v) is 6.13. The Balaban J connectivity index is 2.31. The van der Waals surface area contributed by atoms with E-state index in [9.17, 15) is 4.79 Å². The minimum atomic E-state index is -0.199. The van der Waals surface area contributed by atoms with Crippen molar-refractivity contribution in [2.45, 2.75) is 6.92 Å². The predicted molar refractivity (Wildman–Crippen MR) is 86.0 cm³/mol. The highest BCUT2D eigenvalue weighted by atomic mass is 79.9. The maximum absolute atomic E-state index is 12.2. The van der Waals surface area contributed by atoms with Crippen LogP contribution in [0.5, 0.6) is 0 Å². The molecule has 0 aliphatic carbocycles. The van der Waals surface area contributed by atoms with Gasteiger partial charge in [-0.25, -0.2) is 0 Å². The number of aryl methyl sites for hydroxylation is 1. The summed E-state index contributed by atoms with van der Waals surface area (Å²) in [5.74, 6) is -0.199. The number of amides is 1. The van der Waals surface area contributed by atoms with Gasteiger partial charge in [0.15, 0.2) is 0 Å². The predicted octanol–water partition coefficient (Wildman–Crippen LogP) is 5.43. The molecule has 0 heterocycles. The van der Waals surface area contributed by atoms with Gasteiger partial charge in [0.25, 0.3) is 5.91 Å². The lowest BCUT2D eigenvalue weighted by atomic mass is 10.1. The molecule has 2 nitrogen and oxygen atoms in total. The van der Waals surface area contributed by atoms with Crippen LogP contribution in [0.4, 0.5) is 5.69 Å². The number of halogens is 3. The Labute approximate surface area is 133 Å². The third-order valence-corrected chi connectivity index (χ3v) is 4.49. The number of benzene rings is 2. The number of anilines is 1. The first kappa shape index (κ1) is 14.6. The maximum atomic E-state index is 12.2. The molecule has 0 saturated carbocycles. The maximum Gasteiger partial charge on any atom is 0.256 e. The Bertz CT molecular complexity index is 643. The molecule has 2 rings (SSSR count). The lowest BCUT2D eigenvalue weighted by Crippen LogP contribution is -2.13. The summed E-state index contributed by atoms with van der Waals surface area (Å²) in [6, 6.07) is 10.9. The molecule has 0 aliphatic rings. The highest BCUT2D eigenvalue weighted by Crippen LogP contribution is 2.27. The molecule has 0 saturated heterocycles. The number of carbonyl (C=O) groups is 1. The Hall–Kier alpha value is -0.840. The molecule has 0 fully saturated rings. The molecule has 0 bridgehead atoms. The van der Waals surface area contributed by atoms with Gasteiger partial charge in [0.1, 0.15) is 0 Å². The van der Waals surface area contributed by atoms with E-state index in [2.05, 4.69) is 37.2 Å². The molecule has 2 aromatic carbocycles. The lowest BCUT2D eigenvalue weighted by molar-refractivity contribution is 0.102. The minimum absolute atomic E-state index is 0.199. The van der Waals surface area contributed by atoms with Crippen LogP contribution in [0.3, 0.4) is 0 Å². The molecule has 0 radical (unpaired) electrons. The second-order valence-electron chi connectivity index (χ2n) is 4.01. The van der Waals surface area contributed by atoms with E-state index in [0.29, 0.717) is 16.3 Å². The van der Waals surface area contributed by atoms with Gasteiger partial charge in [-0.05, 0) is 52.7 Å². The van der Waals surface area contributed by atoms with Crippen molar-refractivity contribution in [2.75, 3.05) is 5.32 Å². The number of nitrogens with one attached hydrogen (secondary N) is 1. The molecule has 0 spiro atoms. The number of hydrogen-bond acceptors (Lipinski definition) is 1. The average molecular weight is 404 g/mol. The molecule has 2 aromatic rings. The Morgan fingerprint density at radius 1 is 1.21 bits per heavy atom. The van der Waals surface area contributed by atoms with E-state index in [1.165, 1.54) is 0 Å². The van der Waals surface area contributed by atoms with Gasteiger partial charge in [0.2, 0.25) is 0 Å². The number of carbonyl (C=O) groups excluding carboxylic acids is 1. The lowest BCUT2D eigenvalue weighted by Gasteiger charge is -2.10. The third-order valence-electron chi connectivity index (χ3n) is 2.61. The zero-order valence-electron chi connectivity index (χ0n) is 10.0. The first-order chi connectivity index (χ1) is 8.99. The molecule has 98 valence electrons. The number of rotatable bonds is 2. The number of hydrogen-bond donors (Lipinski definition) is 1. The Morgan fingerprint density at radius 2 is 1.95 bits per heavy atom. The van der Waals surface area contributed by atoms with Crippen LogP contribution in [0.1, 0.15) is 15.9 Å². The highest BCUT2D eigenvalue weighted by molar-refractivity contribution is 9.10. The first-order valence-corrected chi connectivity index (χ1v) is 7.47. The van der Waals surface area contributed by atoms with Crippen LogP contribution in [-0.2, 0) is 0 Å². The minimum Gasteiger partial charge on any atom is -0.321 e. The Kier molecular flexibility index (Phi) is 4.66. The van der Waals surface area contributed by atoms with Crippen LogP contribution in [-0.4, -0.2) is 5.91 Å². The van der Waals surface area contributed by atoms with E-state index >= 15 is 0 Å². The molecule has 1 amide bonds. The Morgan fingerprint density at radius 3 is 2.68 bits per heavy atom. The van der Waals surface area contributed by atoms with E-state index in [-0.39, 0.29) is 5.91 Å². The van der Waals surface area contributed by atoms with E-state index < -0.39 is 0 Å². The van der Waals surface area contributed by atoms with Crippen molar-refractivity contribution < 1.29 is 4.79 Å². The fraction of sp³-hybridized carbons (Fsp3) is 0.0714. The first-order valence-electron chi connectivity index (χ1n) is 5.50. The molecular weight excluding hydrogens is 393 g/mol. The molecule has 0 unspecified atom stereocenters. The fourth-order valence-corrected chi connectivity index (χ4v) is 2.58. The van der Waals surface area contributed by atoms with Crippen LogP contribution < -0.4 is 5.32 Å². The highest BCUT2D eigenvalue weighted by Gasteiger charge is 2.13. The molecule has 1 N–H and O–H groups in total. The van der Waals surface area contributed by atoms with Crippen LogP contribution in [0.2, 0.25) is 5.02 Å². The van der Waals surface area contributed by atoms with Crippen LogP contribution >= 0.6 is 43.5 Å². The molecule has 19 heavy (non-hydrogen) atoms. The SMILES string of the molecule is Cc1cccc(C(=O)Nc2cc(Br)ccc2Cl)c1Br. The van der Waals surface area contributed by atoms with Crippen LogP contribution in [0.15, 0.2) is 45.3 Å². The van der Waals surface area contributed by atoms with Crippen molar-refractivity contribution in [3.63, 3.8) is 0 Å². The largest absolute Gasteiger partial charge is 0.321 e. The quantitative estimate of drug-likeness (QED) is 0.712. The van der Waals surface area contributed by atoms with Gasteiger partial charge in [-0.3, -0.25) is 4.79 Å². The molecule has 0 atom stereocenters. The summed E-state index contributed by atoms with van der Waals surface area (Å²) in [6.45, 7) is 1.94. The van der Waals surface area contributed by atoms with Gasteiger partial charge in [0.05, 0.1) is 16.3 Å². The summed E-state index contributed by atoms with van der Waals surface area (Å²) in [5, 5.41) is 3.30. The monoisotopic (exact) mass is 401 g/mol. The summed E-state index contributed by atoms with van der Waals surface area (Å²) in [6.07, 6.45) is 0. The van der Waals surface area contributed by atoms with E-state index in [0.717, 1.165) is 14.5 Å². The fourth-order valence-electron chi connectivity index (χ4n) is 1.61. The van der Waals surface area contributed by atoms with E-state index in [1.807, 2.05) is 25.1 Å². The smallest absolute Gasteiger partial charge is 0.256 e. The van der Waals surface area contributed by atoms with Crippen LogP contribution in [0.25, 0.3) is 0 Å². The summed E-state index contributed by atoms with van der Waals surface area (Å²) >= 11 is 12.8. The van der Waals surface area contributed by atoms with Gasteiger partial charge in [-0.1, -0.05) is 39.7 Å². The van der Waals surface area contributed by atoms with Crippen molar-refractivity contribution >= 4 is 55.1 Å². The van der Waals surface area contributed by atoms with E-state index in [4.69, 9.17) is 11.6 Å². The van der Waals surface area contributed by atoms with Crippen molar-refractivity contribution in [3.8, 4) is 0 Å². The van der Waals surface area contributed by atoms with E-state index in [1.54, 1.807) is 18.2 Å². The molecule has 0 aromatic heterocycles. The normalized spacial score (nSPS) is 10.3. The van der Waals surface area contributed by atoms with Crippen molar-refractivity contribution in [1.29, 1.82) is 0 Å². The van der Waals surface area contributed by atoms with Gasteiger partial charge < -0.3 is 5.32 Å². The van der Waals surface area contributed by atoms with Gasteiger partial charge >= 0.3 is 0 Å². The van der Waals surface area contributed by atoms with Gasteiger partial charge in [-0.15, -0.1) is 0 Å². The molecule has 0 aliphatic heterocycles. The van der Waals surface area contributed by atoms with Crippen molar-refractivity contribution in [3.05, 3.63) is 61.5 Å². The molecule has 5 heteroatoms. The summed E-state index contributed by atoms with van der Waals surface area (Å²) < 4.78 is 1.65. The standard InChI is InChI=1S/C14H10Br2ClNO/c1-8-3-2-4-10(13(8)16)14(19)18-12-7-9(15)5-6-11(12)17/h2-7H,1H3,(H,18,19). The second kappa shape index (κ2) is 6.07.